The van der Waals surface area contributed by atoms with Crippen LogP contribution in [0.1, 0.15) is 75.3 Å². The summed E-state index contributed by atoms with van der Waals surface area (Å²) < 4.78 is 5.59. The van der Waals surface area contributed by atoms with E-state index in [0.717, 1.165) is 18.1 Å². The van der Waals surface area contributed by atoms with Gasteiger partial charge in [0, 0.05) is 18.5 Å². The third-order valence-corrected chi connectivity index (χ3v) is 6.99. The topological polar surface area (TPSA) is 41.6 Å². The van der Waals surface area contributed by atoms with Crippen LogP contribution in [0.25, 0.3) is 0 Å². The summed E-state index contributed by atoms with van der Waals surface area (Å²) in [6, 6.07) is 6.95. The number of amides is 1. The Morgan fingerprint density at radius 3 is 2.85 bits per heavy atom. The minimum Gasteiger partial charge on any atom is -0.410 e. The van der Waals surface area contributed by atoms with Crippen LogP contribution in [-0.2, 0) is 6.42 Å². The fraction of sp³-hybridized carbons (Fsp3) is 0.696. The zero-order chi connectivity index (χ0) is 18.6. The van der Waals surface area contributed by atoms with Crippen molar-refractivity contribution in [2.75, 3.05) is 19.6 Å². The number of likely N-dealkylation sites (tertiary alicyclic amines) is 1. The first kappa shape index (κ1) is 18.8. The van der Waals surface area contributed by atoms with E-state index in [9.17, 15) is 4.79 Å². The van der Waals surface area contributed by atoms with Crippen LogP contribution in [0.5, 0.6) is 5.75 Å². The molecule has 3 aliphatic rings. The van der Waals surface area contributed by atoms with Gasteiger partial charge in [-0.2, -0.15) is 0 Å². The molecule has 1 heterocycles. The normalized spacial score (nSPS) is 25.7. The van der Waals surface area contributed by atoms with Crippen molar-refractivity contribution in [3.63, 3.8) is 0 Å². The van der Waals surface area contributed by atoms with Crippen LogP contribution in [0.15, 0.2) is 18.2 Å². The molecule has 27 heavy (non-hydrogen) atoms. The van der Waals surface area contributed by atoms with Crippen LogP contribution >= 0.6 is 0 Å². The third-order valence-electron chi connectivity index (χ3n) is 6.99. The van der Waals surface area contributed by atoms with E-state index in [1.807, 2.05) is 13.0 Å². The molecule has 2 fully saturated rings. The van der Waals surface area contributed by atoms with Crippen molar-refractivity contribution in [2.24, 2.45) is 5.92 Å². The highest BCUT2D eigenvalue weighted by Gasteiger charge is 2.39. The summed E-state index contributed by atoms with van der Waals surface area (Å²) in [5.74, 6) is 2.33. The molecule has 0 spiro atoms. The van der Waals surface area contributed by atoms with E-state index >= 15 is 0 Å². The third kappa shape index (κ3) is 4.16. The lowest BCUT2D eigenvalue weighted by molar-refractivity contribution is 0.195. The minimum absolute atomic E-state index is 0.339. The minimum atomic E-state index is -0.339. The largest absolute Gasteiger partial charge is 0.412 e. The first-order valence-corrected chi connectivity index (χ1v) is 11.1. The summed E-state index contributed by atoms with van der Waals surface area (Å²) >= 11 is 0. The van der Waals surface area contributed by atoms with Gasteiger partial charge in [0.15, 0.2) is 0 Å². The van der Waals surface area contributed by atoms with E-state index in [4.69, 9.17) is 4.74 Å². The molecule has 4 heteroatoms. The van der Waals surface area contributed by atoms with Crippen molar-refractivity contribution < 1.29 is 9.53 Å². The Kier molecular flexibility index (Phi) is 6.01. The molecule has 2 aliphatic carbocycles. The lowest BCUT2D eigenvalue weighted by Gasteiger charge is -2.35. The molecular formula is C23H34N2O2. The first-order chi connectivity index (χ1) is 13.3. The number of hydrogen-bond acceptors (Lipinski definition) is 3. The zero-order valence-corrected chi connectivity index (χ0v) is 16.7. The number of carbonyl (C=O) groups excluding carboxylic acids is 1. The molecule has 1 aliphatic heterocycles. The predicted octanol–water partition coefficient (Wildman–Crippen LogP) is 4.87. The van der Waals surface area contributed by atoms with Crippen molar-refractivity contribution >= 4 is 6.09 Å². The number of ether oxygens (including phenoxy) is 1. The van der Waals surface area contributed by atoms with Gasteiger partial charge in [-0.15, -0.1) is 0 Å². The monoisotopic (exact) mass is 370 g/mol. The zero-order valence-electron chi connectivity index (χ0n) is 16.7. The van der Waals surface area contributed by atoms with Crippen molar-refractivity contribution in [2.45, 2.75) is 76.7 Å². The van der Waals surface area contributed by atoms with Gasteiger partial charge in [-0.3, -0.25) is 4.90 Å². The van der Waals surface area contributed by atoms with Crippen molar-refractivity contribution in [1.82, 2.24) is 10.2 Å². The summed E-state index contributed by atoms with van der Waals surface area (Å²) in [5.41, 5.74) is 2.69. The molecule has 1 aromatic carbocycles. The quantitative estimate of drug-likeness (QED) is 0.804. The second kappa shape index (κ2) is 8.64. The fourth-order valence-corrected chi connectivity index (χ4v) is 5.63. The molecule has 0 aromatic heterocycles. The van der Waals surface area contributed by atoms with E-state index in [2.05, 4.69) is 22.3 Å². The van der Waals surface area contributed by atoms with Crippen LogP contribution < -0.4 is 10.1 Å². The molecule has 148 valence electrons. The van der Waals surface area contributed by atoms with E-state index in [-0.39, 0.29) is 6.09 Å². The molecule has 2 atom stereocenters. The van der Waals surface area contributed by atoms with Gasteiger partial charge in [-0.25, -0.2) is 4.79 Å². The highest BCUT2D eigenvalue weighted by molar-refractivity contribution is 5.71. The molecule has 1 saturated heterocycles. The van der Waals surface area contributed by atoms with E-state index in [1.54, 1.807) is 0 Å². The Morgan fingerprint density at radius 1 is 1.19 bits per heavy atom. The molecule has 0 bridgehead atoms. The molecule has 4 nitrogen and oxygen atoms in total. The SMILES string of the molecule is CCNC(=O)Oc1cccc2c1CCC1C2CCN1CCC1CCCCC1. The maximum Gasteiger partial charge on any atom is 0.412 e. The Morgan fingerprint density at radius 2 is 2.04 bits per heavy atom. The lowest BCUT2D eigenvalue weighted by Crippen LogP contribution is -2.36. The number of nitrogens with one attached hydrogen (secondary N) is 1. The first-order valence-electron chi connectivity index (χ1n) is 11.1. The van der Waals surface area contributed by atoms with Gasteiger partial charge < -0.3 is 10.1 Å². The molecule has 2 unspecified atom stereocenters. The van der Waals surface area contributed by atoms with E-state index in [0.29, 0.717) is 18.5 Å². The van der Waals surface area contributed by atoms with Gasteiger partial charge >= 0.3 is 6.09 Å². The van der Waals surface area contributed by atoms with E-state index < -0.39 is 0 Å². The number of fused-ring (bicyclic) bond motifs is 3. The van der Waals surface area contributed by atoms with Gasteiger partial charge in [0.25, 0.3) is 0 Å². The molecule has 0 radical (unpaired) electrons. The molecule has 1 saturated carbocycles. The summed E-state index contributed by atoms with van der Waals surface area (Å²) in [6.07, 6.45) is 11.7. The number of carbonyl (C=O) groups is 1. The summed E-state index contributed by atoms with van der Waals surface area (Å²) in [4.78, 5) is 14.6. The van der Waals surface area contributed by atoms with Crippen molar-refractivity contribution in [3.05, 3.63) is 29.3 Å². The average Bonchev–Trinajstić information content (AvgIpc) is 3.11. The van der Waals surface area contributed by atoms with Crippen LogP contribution in [0.3, 0.4) is 0 Å². The smallest absolute Gasteiger partial charge is 0.410 e. The molecule has 1 amide bonds. The molecule has 1 aromatic rings. The number of hydrogen-bond donors (Lipinski definition) is 1. The predicted molar refractivity (Wildman–Crippen MR) is 108 cm³/mol. The van der Waals surface area contributed by atoms with Gasteiger partial charge in [-0.1, -0.05) is 44.2 Å². The summed E-state index contributed by atoms with van der Waals surface area (Å²) in [6.45, 7) is 5.00. The second-order valence-electron chi connectivity index (χ2n) is 8.57. The van der Waals surface area contributed by atoms with Crippen molar-refractivity contribution in [1.29, 1.82) is 0 Å². The maximum absolute atomic E-state index is 11.9. The van der Waals surface area contributed by atoms with Crippen LogP contribution in [-0.4, -0.2) is 36.7 Å². The van der Waals surface area contributed by atoms with Crippen molar-refractivity contribution in [3.8, 4) is 5.75 Å². The average molecular weight is 371 g/mol. The van der Waals surface area contributed by atoms with Crippen LogP contribution in [0.2, 0.25) is 0 Å². The Bertz CT molecular complexity index is 654. The molecule has 1 N–H and O–H groups in total. The number of benzene rings is 1. The maximum atomic E-state index is 11.9. The van der Waals surface area contributed by atoms with Crippen LogP contribution in [0.4, 0.5) is 4.79 Å². The molecular weight excluding hydrogens is 336 g/mol. The van der Waals surface area contributed by atoms with Gasteiger partial charge in [-0.05, 0) is 68.8 Å². The fourth-order valence-electron chi connectivity index (χ4n) is 5.63. The highest BCUT2D eigenvalue weighted by atomic mass is 16.6. The summed E-state index contributed by atoms with van der Waals surface area (Å²) in [7, 11) is 0. The molecule has 4 rings (SSSR count). The number of rotatable bonds is 5. The van der Waals surface area contributed by atoms with E-state index in [1.165, 1.54) is 75.6 Å². The second-order valence-corrected chi connectivity index (χ2v) is 8.57. The Labute approximate surface area is 163 Å². The number of nitrogens with zero attached hydrogens (tertiary/aromatic N) is 1. The van der Waals surface area contributed by atoms with Gasteiger partial charge in [0.2, 0.25) is 0 Å². The lowest BCUT2D eigenvalue weighted by atomic mass is 9.79. The van der Waals surface area contributed by atoms with Gasteiger partial charge in [0.05, 0.1) is 0 Å². The Balaban J connectivity index is 1.41. The summed E-state index contributed by atoms with van der Waals surface area (Å²) in [5, 5.41) is 2.73. The van der Waals surface area contributed by atoms with Gasteiger partial charge in [0.1, 0.15) is 5.75 Å². The van der Waals surface area contributed by atoms with Crippen LogP contribution in [0, 0.1) is 5.92 Å². The standard InChI is InChI=1S/C23H34N2O2/c1-2-24-23(26)27-22-10-6-9-18-19-14-16-25(21(19)12-11-20(18)22)15-13-17-7-4-3-5-8-17/h6,9-10,17,19,21H,2-5,7-8,11-16H2,1H3,(H,24,26). The highest BCUT2D eigenvalue weighted by Crippen LogP contribution is 2.44. The Hall–Kier alpha value is -1.55.